The molecule has 4 nitrogen and oxygen atoms in total. The number of fused-ring (bicyclic) bond motifs is 1. The van der Waals surface area contributed by atoms with Gasteiger partial charge in [0, 0.05) is 37.1 Å². The van der Waals surface area contributed by atoms with Crippen molar-refractivity contribution >= 4 is 56.6 Å². The van der Waals surface area contributed by atoms with Crippen LogP contribution in [0.3, 0.4) is 0 Å². The first-order chi connectivity index (χ1) is 13.2. The molecule has 2 aromatic carbocycles. The van der Waals surface area contributed by atoms with Crippen LogP contribution in [-0.2, 0) is 0 Å². The standard InChI is InChI=1S/C20H19ClN4S2/c1-27-20(26)25-12-10-24(11-13-25)19-15-7-3-5-9-17(15)22-18(23-19)14-6-2-4-8-16(14)21/h2-9H,10-13H2,1H3. The number of hydrogen-bond acceptors (Lipinski definition) is 5. The van der Waals surface area contributed by atoms with E-state index in [4.69, 9.17) is 33.8 Å². The number of piperazine rings is 1. The first kappa shape index (κ1) is 18.5. The molecule has 0 N–H and O–H groups in total. The molecule has 0 saturated carbocycles. The Morgan fingerprint density at radius 1 is 1.00 bits per heavy atom. The molecule has 0 unspecified atom stereocenters. The summed E-state index contributed by atoms with van der Waals surface area (Å²) >= 11 is 13.5. The van der Waals surface area contributed by atoms with Gasteiger partial charge in [0.2, 0.25) is 0 Å². The van der Waals surface area contributed by atoms with Crippen LogP contribution in [0, 0.1) is 0 Å². The van der Waals surface area contributed by atoms with E-state index in [1.807, 2.05) is 48.7 Å². The molecule has 3 aromatic rings. The van der Waals surface area contributed by atoms with Gasteiger partial charge >= 0.3 is 0 Å². The van der Waals surface area contributed by atoms with Gasteiger partial charge in [-0.3, -0.25) is 0 Å². The summed E-state index contributed by atoms with van der Waals surface area (Å²) in [4.78, 5) is 14.3. The Morgan fingerprint density at radius 2 is 1.70 bits per heavy atom. The molecule has 1 fully saturated rings. The highest BCUT2D eigenvalue weighted by molar-refractivity contribution is 8.22. The van der Waals surface area contributed by atoms with Gasteiger partial charge in [-0.1, -0.05) is 48.1 Å². The summed E-state index contributed by atoms with van der Waals surface area (Å²) in [6.45, 7) is 3.56. The van der Waals surface area contributed by atoms with E-state index < -0.39 is 0 Å². The molecule has 0 atom stereocenters. The van der Waals surface area contributed by atoms with Gasteiger partial charge in [0.15, 0.2) is 5.82 Å². The Kier molecular flexibility index (Phi) is 5.48. The molecule has 0 aliphatic carbocycles. The summed E-state index contributed by atoms with van der Waals surface area (Å²) in [7, 11) is 0. The maximum atomic E-state index is 6.40. The normalized spacial score (nSPS) is 14.6. The number of hydrogen-bond donors (Lipinski definition) is 0. The minimum absolute atomic E-state index is 0.661. The molecule has 0 radical (unpaired) electrons. The van der Waals surface area contributed by atoms with E-state index in [1.54, 1.807) is 11.8 Å². The summed E-state index contributed by atoms with van der Waals surface area (Å²) in [6.07, 6.45) is 2.03. The van der Waals surface area contributed by atoms with Crippen molar-refractivity contribution in [3.63, 3.8) is 0 Å². The SMILES string of the molecule is CSC(=S)N1CCN(c2nc(-c3ccccc3Cl)nc3ccccc23)CC1. The Morgan fingerprint density at radius 3 is 2.44 bits per heavy atom. The topological polar surface area (TPSA) is 32.3 Å². The third kappa shape index (κ3) is 3.74. The lowest BCUT2D eigenvalue weighted by Gasteiger charge is -2.36. The van der Waals surface area contributed by atoms with Crippen LogP contribution in [0.2, 0.25) is 5.02 Å². The lowest BCUT2D eigenvalue weighted by atomic mass is 10.1. The predicted molar refractivity (Wildman–Crippen MR) is 120 cm³/mol. The van der Waals surface area contributed by atoms with E-state index in [-0.39, 0.29) is 0 Å². The molecule has 138 valence electrons. The average molecular weight is 415 g/mol. The van der Waals surface area contributed by atoms with E-state index in [1.165, 1.54) is 0 Å². The van der Waals surface area contributed by atoms with E-state index in [0.29, 0.717) is 10.8 Å². The van der Waals surface area contributed by atoms with Crippen LogP contribution in [0.25, 0.3) is 22.3 Å². The fourth-order valence-electron chi connectivity index (χ4n) is 3.29. The number of para-hydroxylation sites is 1. The monoisotopic (exact) mass is 414 g/mol. The summed E-state index contributed by atoms with van der Waals surface area (Å²) < 4.78 is 0.957. The zero-order chi connectivity index (χ0) is 18.8. The van der Waals surface area contributed by atoms with Crippen molar-refractivity contribution in [2.24, 2.45) is 0 Å². The molecule has 1 saturated heterocycles. The third-order valence-corrected chi connectivity index (χ3v) is 6.41. The molecule has 0 bridgehead atoms. The minimum Gasteiger partial charge on any atom is -0.354 e. The molecular formula is C20H19ClN4S2. The quantitative estimate of drug-likeness (QED) is 0.564. The fraction of sp³-hybridized carbons (Fsp3) is 0.250. The van der Waals surface area contributed by atoms with Crippen LogP contribution >= 0.6 is 35.6 Å². The van der Waals surface area contributed by atoms with Gasteiger partial charge in [0.25, 0.3) is 0 Å². The lowest BCUT2D eigenvalue weighted by Crippen LogP contribution is -2.48. The molecule has 1 aliphatic heterocycles. The maximum Gasteiger partial charge on any atom is 0.163 e. The Balaban J connectivity index is 1.74. The van der Waals surface area contributed by atoms with E-state index >= 15 is 0 Å². The van der Waals surface area contributed by atoms with Crippen molar-refractivity contribution in [3.8, 4) is 11.4 Å². The van der Waals surface area contributed by atoms with E-state index in [0.717, 1.165) is 52.8 Å². The molecular weight excluding hydrogens is 396 g/mol. The van der Waals surface area contributed by atoms with Crippen molar-refractivity contribution in [2.45, 2.75) is 0 Å². The van der Waals surface area contributed by atoms with Crippen molar-refractivity contribution in [3.05, 3.63) is 53.6 Å². The largest absolute Gasteiger partial charge is 0.354 e. The zero-order valence-corrected chi connectivity index (χ0v) is 17.3. The molecule has 0 amide bonds. The van der Waals surface area contributed by atoms with Gasteiger partial charge in [-0.15, -0.1) is 11.8 Å². The Bertz CT molecular complexity index is 987. The first-order valence-corrected chi connectivity index (χ1v) is 10.8. The summed E-state index contributed by atoms with van der Waals surface area (Å²) in [6, 6.07) is 15.9. The summed E-state index contributed by atoms with van der Waals surface area (Å²) in [5, 5.41) is 1.73. The Hall–Kier alpha value is -1.89. The molecule has 27 heavy (non-hydrogen) atoms. The second-order valence-electron chi connectivity index (χ2n) is 6.31. The number of anilines is 1. The number of benzene rings is 2. The average Bonchev–Trinajstić information content (AvgIpc) is 2.73. The van der Waals surface area contributed by atoms with E-state index in [9.17, 15) is 0 Å². The van der Waals surface area contributed by atoms with Crippen molar-refractivity contribution in [2.75, 3.05) is 37.3 Å². The first-order valence-electron chi connectivity index (χ1n) is 8.77. The molecule has 0 spiro atoms. The van der Waals surface area contributed by atoms with Crippen LogP contribution in [0.5, 0.6) is 0 Å². The molecule has 1 aliphatic rings. The summed E-state index contributed by atoms with van der Waals surface area (Å²) in [5.74, 6) is 1.63. The Labute approximate surface area is 173 Å². The minimum atomic E-state index is 0.661. The van der Waals surface area contributed by atoms with Gasteiger partial charge in [0.05, 0.1) is 10.5 Å². The fourth-order valence-corrected chi connectivity index (χ4v) is 4.14. The smallest absolute Gasteiger partial charge is 0.163 e. The number of thioether (sulfide) groups is 1. The van der Waals surface area contributed by atoms with Crippen molar-refractivity contribution in [1.29, 1.82) is 0 Å². The third-order valence-electron chi connectivity index (χ3n) is 4.71. The highest BCUT2D eigenvalue weighted by atomic mass is 35.5. The highest BCUT2D eigenvalue weighted by Gasteiger charge is 2.22. The zero-order valence-electron chi connectivity index (χ0n) is 14.9. The van der Waals surface area contributed by atoms with Gasteiger partial charge in [0.1, 0.15) is 10.1 Å². The predicted octanol–water partition coefficient (Wildman–Crippen LogP) is 4.72. The second kappa shape index (κ2) is 8.00. The second-order valence-corrected chi connectivity index (χ2v) is 8.16. The van der Waals surface area contributed by atoms with Crippen LogP contribution in [0.15, 0.2) is 48.5 Å². The van der Waals surface area contributed by atoms with Crippen LogP contribution < -0.4 is 4.90 Å². The van der Waals surface area contributed by atoms with Crippen LogP contribution in [0.1, 0.15) is 0 Å². The lowest BCUT2D eigenvalue weighted by molar-refractivity contribution is 0.397. The van der Waals surface area contributed by atoms with Gasteiger partial charge in [-0.25, -0.2) is 9.97 Å². The molecule has 4 rings (SSSR count). The number of rotatable bonds is 2. The number of nitrogens with zero attached hydrogens (tertiary/aromatic N) is 4. The molecule has 1 aromatic heterocycles. The molecule has 2 heterocycles. The van der Waals surface area contributed by atoms with Gasteiger partial charge < -0.3 is 9.80 Å². The highest BCUT2D eigenvalue weighted by Crippen LogP contribution is 2.31. The maximum absolute atomic E-state index is 6.40. The summed E-state index contributed by atoms with van der Waals surface area (Å²) in [5.41, 5.74) is 1.79. The van der Waals surface area contributed by atoms with Crippen LogP contribution in [0.4, 0.5) is 5.82 Å². The van der Waals surface area contributed by atoms with Gasteiger partial charge in [-0.05, 0) is 30.5 Å². The van der Waals surface area contributed by atoms with E-state index in [2.05, 4.69) is 15.9 Å². The molecule has 7 heteroatoms. The van der Waals surface area contributed by atoms with Crippen molar-refractivity contribution in [1.82, 2.24) is 14.9 Å². The number of halogens is 1. The number of aromatic nitrogens is 2. The van der Waals surface area contributed by atoms with Crippen LogP contribution in [-0.4, -0.2) is 51.6 Å². The number of thiocarbonyl (C=S) groups is 1. The van der Waals surface area contributed by atoms with Crippen molar-refractivity contribution < 1.29 is 0 Å². The van der Waals surface area contributed by atoms with Gasteiger partial charge in [-0.2, -0.15) is 0 Å².